The monoisotopic (exact) mass is 258 g/mol. The number of benzene rings is 1. The van der Waals surface area contributed by atoms with Crippen LogP contribution < -0.4 is 10.7 Å². The van der Waals surface area contributed by atoms with Crippen LogP contribution in [0, 0.1) is 5.82 Å². The Morgan fingerprint density at radius 2 is 1.71 bits per heavy atom. The average molecular weight is 259 g/mol. The third-order valence-electron chi connectivity index (χ3n) is 1.39. The van der Waals surface area contributed by atoms with Crippen molar-refractivity contribution in [2.45, 2.75) is 4.90 Å². The average Bonchev–Trinajstić information content (AvgIpc) is 2.01. The van der Waals surface area contributed by atoms with E-state index in [2.05, 4.69) is 0 Å². The molecule has 0 aliphatic rings. The first-order valence-electron chi connectivity index (χ1n) is 3.25. The van der Waals surface area contributed by atoms with E-state index in [1.165, 1.54) is 4.83 Å². The second-order valence-electron chi connectivity index (χ2n) is 2.32. The predicted octanol–water partition coefficient (Wildman–Crippen LogP) is 1.28. The Morgan fingerprint density at radius 1 is 1.29 bits per heavy atom. The molecule has 1 aromatic rings. The van der Waals surface area contributed by atoms with E-state index in [1.807, 2.05) is 0 Å². The standard InChI is InChI=1S/C6H5Cl2FN2O2S/c7-4-1-3(9)2-5(8)6(4)14(12,13)11-10/h1-2,11H,10H2. The summed E-state index contributed by atoms with van der Waals surface area (Å²) in [6, 6.07) is 1.66. The normalized spacial score (nSPS) is 11.7. The number of hydrogen-bond acceptors (Lipinski definition) is 3. The van der Waals surface area contributed by atoms with E-state index < -0.39 is 20.7 Å². The van der Waals surface area contributed by atoms with Gasteiger partial charge in [0.05, 0.1) is 10.0 Å². The molecule has 0 atom stereocenters. The molecule has 0 spiro atoms. The van der Waals surface area contributed by atoms with Gasteiger partial charge in [-0.3, -0.25) is 5.84 Å². The van der Waals surface area contributed by atoms with Crippen molar-refractivity contribution in [2.75, 3.05) is 0 Å². The molecule has 0 aromatic heterocycles. The minimum absolute atomic E-state index is 0.326. The summed E-state index contributed by atoms with van der Waals surface area (Å²) in [4.78, 5) is 1.10. The van der Waals surface area contributed by atoms with Crippen LogP contribution in [0.15, 0.2) is 17.0 Å². The zero-order chi connectivity index (χ0) is 10.9. The van der Waals surface area contributed by atoms with E-state index >= 15 is 0 Å². The lowest BCUT2D eigenvalue weighted by atomic mass is 10.3. The van der Waals surface area contributed by atoms with Crippen LogP contribution in [0.4, 0.5) is 4.39 Å². The van der Waals surface area contributed by atoms with E-state index in [9.17, 15) is 12.8 Å². The lowest BCUT2D eigenvalue weighted by Gasteiger charge is -2.06. The Balaban J connectivity index is 3.51. The molecular weight excluding hydrogens is 254 g/mol. The molecule has 0 amide bonds. The molecule has 78 valence electrons. The first-order valence-corrected chi connectivity index (χ1v) is 5.49. The fraction of sp³-hybridized carbons (Fsp3) is 0. The van der Waals surface area contributed by atoms with Crippen molar-refractivity contribution in [3.8, 4) is 0 Å². The van der Waals surface area contributed by atoms with Gasteiger partial charge in [0.25, 0.3) is 10.0 Å². The van der Waals surface area contributed by atoms with Gasteiger partial charge >= 0.3 is 0 Å². The van der Waals surface area contributed by atoms with Gasteiger partial charge in [0.1, 0.15) is 10.7 Å². The van der Waals surface area contributed by atoms with Crippen LogP contribution in [0.25, 0.3) is 0 Å². The Hall–Kier alpha value is -0.400. The molecule has 0 saturated carbocycles. The first kappa shape index (κ1) is 11.7. The number of nitrogens with two attached hydrogens (primary N) is 1. The van der Waals surface area contributed by atoms with Crippen LogP contribution >= 0.6 is 23.2 Å². The maximum atomic E-state index is 12.7. The van der Waals surface area contributed by atoms with Crippen molar-refractivity contribution in [1.29, 1.82) is 0 Å². The molecule has 0 heterocycles. The number of sulfonamides is 1. The summed E-state index contributed by atoms with van der Waals surface area (Å²) in [6.45, 7) is 0. The quantitative estimate of drug-likeness (QED) is 0.620. The molecule has 0 aliphatic carbocycles. The number of rotatable bonds is 2. The summed E-state index contributed by atoms with van der Waals surface area (Å²) in [7, 11) is -3.98. The summed E-state index contributed by atoms with van der Waals surface area (Å²) in [5.41, 5.74) is 0. The fourth-order valence-electron chi connectivity index (χ4n) is 0.845. The second-order valence-corrected chi connectivity index (χ2v) is 4.79. The molecule has 0 bridgehead atoms. The zero-order valence-corrected chi connectivity index (χ0v) is 8.92. The van der Waals surface area contributed by atoms with Gasteiger partial charge in [0.15, 0.2) is 0 Å². The van der Waals surface area contributed by atoms with Crippen LogP contribution in [-0.4, -0.2) is 8.42 Å². The maximum absolute atomic E-state index is 12.7. The zero-order valence-electron chi connectivity index (χ0n) is 6.59. The van der Waals surface area contributed by atoms with Gasteiger partial charge in [-0.15, -0.1) is 4.83 Å². The number of hydrazine groups is 1. The van der Waals surface area contributed by atoms with Crippen molar-refractivity contribution in [1.82, 2.24) is 4.83 Å². The minimum Gasteiger partial charge on any atom is -0.257 e. The largest absolute Gasteiger partial charge is 0.257 e. The number of halogens is 3. The summed E-state index contributed by atoms with van der Waals surface area (Å²) in [5, 5.41) is -0.652. The van der Waals surface area contributed by atoms with Gasteiger partial charge in [-0.05, 0) is 12.1 Å². The summed E-state index contributed by atoms with van der Waals surface area (Å²) in [6.07, 6.45) is 0. The Bertz CT molecular complexity index is 440. The van der Waals surface area contributed by atoms with E-state index in [0.717, 1.165) is 12.1 Å². The van der Waals surface area contributed by atoms with Gasteiger partial charge in [0, 0.05) is 0 Å². The highest BCUT2D eigenvalue weighted by molar-refractivity contribution is 7.89. The van der Waals surface area contributed by atoms with Gasteiger partial charge in [-0.1, -0.05) is 23.2 Å². The SMILES string of the molecule is NNS(=O)(=O)c1c(Cl)cc(F)cc1Cl. The highest BCUT2D eigenvalue weighted by Crippen LogP contribution is 2.29. The van der Waals surface area contributed by atoms with E-state index in [4.69, 9.17) is 29.0 Å². The molecule has 3 N–H and O–H groups in total. The smallest absolute Gasteiger partial charge is 0.256 e. The second kappa shape index (κ2) is 4.00. The number of nitrogens with one attached hydrogen (secondary N) is 1. The summed E-state index contributed by atoms with van der Waals surface area (Å²) < 4.78 is 35.1. The summed E-state index contributed by atoms with van der Waals surface area (Å²) in [5.74, 6) is 4.04. The third-order valence-corrected chi connectivity index (χ3v) is 3.49. The highest BCUT2D eigenvalue weighted by Gasteiger charge is 2.21. The molecule has 4 nitrogen and oxygen atoms in total. The fourth-order valence-corrected chi connectivity index (χ4v) is 2.66. The molecule has 8 heteroatoms. The van der Waals surface area contributed by atoms with E-state index in [1.54, 1.807) is 0 Å². The van der Waals surface area contributed by atoms with Gasteiger partial charge in [-0.25, -0.2) is 12.8 Å². The Kier molecular flexibility index (Phi) is 3.33. The van der Waals surface area contributed by atoms with Crippen LogP contribution in [0.1, 0.15) is 0 Å². The molecule has 0 fully saturated rings. The van der Waals surface area contributed by atoms with Gasteiger partial charge < -0.3 is 0 Å². The molecule has 0 saturated heterocycles. The molecule has 0 radical (unpaired) electrons. The van der Waals surface area contributed by atoms with E-state index in [0.29, 0.717) is 0 Å². The minimum atomic E-state index is -3.98. The third kappa shape index (κ3) is 2.15. The molecule has 0 unspecified atom stereocenters. The van der Waals surface area contributed by atoms with E-state index in [-0.39, 0.29) is 10.0 Å². The van der Waals surface area contributed by atoms with Gasteiger partial charge in [0.2, 0.25) is 0 Å². The van der Waals surface area contributed by atoms with Crippen LogP contribution in [0.2, 0.25) is 10.0 Å². The van der Waals surface area contributed by atoms with Crippen LogP contribution in [0.3, 0.4) is 0 Å². The molecular formula is C6H5Cl2FN2O2S. The van der Waals surface area contributed by atoms with Crippen molar-refractivity contribution < 1.29 is 12.8 Å². The van der Waals surface area contributed by atoms with Crippen molar-refractivity contribution in [3.63, 3.8) is 0 Å². The van der Waals surface area contributed by atoms with Gasteiger partial charge in [-0.2, -0.15) is 0 Å². The van der Waals surface area contributed by atoms with Crippen molar-refractivity contribution >= 4 is 33.2 Å². The maximum Gasteiger partial charge on any atom is 0.256 e. The number of hydrogen-bond donors (Lipinski definition) is 2. The molecule has 0 aliphatic heterocycles. The lowest BCUT2D eigenvalue weighted by Crippen LogP contribution is -2.30. The van der Waals surface area contributed by atoms with Crippen molar-refractivity contribution in [3.05, 3.63) is 28.0 Å². The lowest BCUT2D eigenvalue weighted by molar-refractivity contribution is 0.583. The molecule has 1 rings (SSSR count). The molecule has 14 heavy (non-hydrogen) atoms. The Labute approximate surface area is 89.8 Å². The van der Waals surface area contributed by atoms with Crippen LogP contribution in [0.5, 0.6) is 0 Å². The molecule has 1 aromatic carbocycles. The van der Waals surface area contributed by atoms with Crippen LogP contribution in [-0.2, 0) is 10.0 Å². The summed E-state index contributed by atoms with van der Waals surface area (Å²) >= 11 is 11.0. The highest BCUT2D eigenvalue weighted by atomic mass is 35.5. The predicted molar refractivity (Wildman–Crippen MR) is 50.9 cm³/mol. The Morgan fingerprint density at radius 3 is 2.07 bits per heavy atom. The topological polar surface area (TPSA) is 72.2 Å². The van der Waals surface area contributed by atoms with Crippen molar-refractivity contribution in [2.24, 2.45) is 5.84 Å². The first-order chi connectivity index (χ1) is 6.38.